The maximum atomic E-state index is 13.8. The van der Waals surface area contributed by atoms with Crippen LogP contribution in [0.4, 0.5) is 10.5 Å². The number of rotatable bonds is 3. The number of anilines is 1. The molecule has 0 radical (unpaired) electrons. The van der Waals surface area contributed by atoms with Gasteiger partial charge in [-0.3, -0.25) is 9.36 Å². The van der Waals surface area contributed by atoms with Gasteiger partial charge < -0.3 is 19.3 Å². The number of hydrogen-bond acceptors (Lipinski definition) is 5. The van der Waals surface area contributed by atoms with Gasteiger partial charge in [-0.05, 0) is 42.5 Å². The van der Waals surface area contributed by atoms with E-state index in [4.69, 9.17) is 9.47 Å². The highest BCUT2D eigenvalue weighted by atomic mass is 16.5. The van der Waals surface area contributed by atoms with Crippen molar-refractivity contribution < 1.29 is 14.3 Å². The lowest BCUT2D eigenvalue weighted by Gasteiger charge is -2.37. The van der Waals surface area contributed by atoms with Crippen molar-refractivity contribution in [1.82, 2.24) is 9.47 Å². The lowest BCUT2D eigenvalue weighted by molar-refractivity contribution is 0.198. The molecular weight excluding hydrogens is 418 g/mol. The zero-order chi connectivity index (χ0) is 22.9. The highest BCUT2D eigenvalue weighted by Gasteiger charge is 2.26. The SMILES string of the molecule is COc1ccc2c(c1)c(=O)c1ccccc1n2C(=O)N1CCN(c2ccccc2OC)CC1. The number of methoxy groups -OCH3 is 2. The van der Waals surface area contributed by atoms with Crippen molar-refractivity contribution in [1.29, 1.82) is 0 Å². The van der Waals surface area contributed by atoms with Crippen molar-refractivity contribution in [3.05, 3.63) is 77.0 Å². The van der Waals surface area contributed by atoms with Crippen molar-refractivity contribution in [2.75, 3.05) is 45.3 Å². The fraction of sp³-hybridized carbons (Fsp3) is 0.231. The molecule has 5 rings (SSSR count). The van der Waals surface area contributed by atoms with E-state index in [-0.39, 0.29) is 11.5 Å². The molecule has 1 aliphatic heterocycles. The first-order chi connectivity index (χ1) is 16.1. The summed E-state index contributed by atoms with van der Waals surface area (Å²) in [6.45, 7) is 2.51. The molecule has 7 nitrogen and oxygen atoms in total. The molecule has 33 heavy (non-hydrogen) atoms. The van der Waals surface area contributed by atoms with E-state index in [0.29, 0.717) is 53.7 Å². The summed E-state index contributed by atoms with van der Waals surface area (Å²) in [7, 11) is 3.23. The summed E-state index contributed by atoms with van der Waals surface area (Å²) >= 11 is 0. The Morgan fingerprint density at radius 2 is 1.48 bits per heavy atom. The number of nitrogens with zero attached hydrogens (tertiary/aromatic N) is 3. The Labute approximate surface area is 191 Å². The number of ether oxygens (including phenoxy) is 2. The number of piperazine rings is 1. The predicted octanol–water partition coefficient (Wildman–Crippen LogP) is 3.96. The van der Waals surface area contributed by atoms with E-state index in [1.54, 1.807) is 43.1 Å². The zero-order valence-corrected chi connectivity index (χ0v) is 18.7. The second-order valence-electron chi connectivity index (χ2n) is 7.99. The molecule has 0 atom stereocenters. The van der Waals surface area contributed by atoms with Gasteiger partial charge in [0.25, 0.3) is 0 Å². The van der Waals surface area contributed by atoms with Crippen molar-refractivity contribution in [3.8, 4) is 11.5 Å². The van der Waals surface area contributed by atoms with Crippen LogP contribution in [-0.2, 0) is 0 Å². The minimum Gasteiger partial charge on any atom is -0.497 e. The van der Waals surface area contributed by atoms with E-state index in [1.807, 2.05) is 47.4 Å². The lowest BCUT2D eigenvalue weighted by atomic mass is 10.1. The molecule has 2 heterocycles. The van der Waals surface area contributed by atoms with Crippen molar-refractivity contribution >= 4 is 33.5 Å². The maximum Gasteiger partial charge on any atom is 0.329 e. The Bertz CT molecular complexity index is 1400. The molecule has 1 saturated heterocycles. The van der Waals surface area contributed by atoms with Crippen LogP contribution < -0.4 is 19.8 Å². The van der Waals surface area contributed by atoms with Crippen LogP contribution in [0.25, 0.3) is 21.8 Å². The third kappa shape index (κ3) is 3.55. The molecule has 0 unspecified atom stereocenters. The summed E-state index contributed by atoms with van der Waals surface area (Å²) in [5, 5.41) is 0.980. The standard InChI is InChI=1S/C26H25N3O4/c1-32-18-11-12-22-20(17-18)25(30)19-7-3-4-8-21(19)29(22)26(31)28-15-13-27(14-16-28)23-9-5-6-10-24(23)33-2/h3-12,17H,13-16H2,1-2H3. The molecule has 0 N–H and O–H groups in total. The topological polar surface area (TPSA) is 64.0 Å². The molecule has 4 aromatic rings. The Morgan fingerprint density at radius 3 is 2.24 bits per heavy atom. The van der Waals surface area contributed by atoms with Gasteiger partial charge in [-0.15, -0.1) is 0 Å². The molecule has 1 aromatic heterocycles. The fourth-order valence-corrected chi connectivity index (χ4v) is 4.53. The predicted molar refractivity (Wildman–Crippen MR) is 130 cm³/mol. The van der Waals surface area contributed by atoms with E-state index >= 15 is 0 Å². The van der Waals surface area contributed by atoms with Crippen LogP contribution in [0, 0.1) is 0 Å². The van der Waals surface area contributed by atoms with Gasteiger partial charge >= 0.3 is 6.03 Å². The van der Waals surface area contributed by atoms with Crippen LogP contribution >= 0.6 is 0 Å². The number of carbonyl (C=O) groups is 1. The monoisotopic (exact) mass is 443 g/mol. The van der Waals surface area contributed by atoms with E-state index in [9.17, 15) is 9.59 Å². The molecule has 1 amide bonds. The molecule has 0 aliphatic carbocycles. The third-order valence-corrected chi connectivity index (χ3v) is 6.25. The molecule has 0 saturated carbocycles. The molecule has 0 bridgehead atoms. The number of aromatic nitrogens is 1. The van der Waals surface area contributed by atoms with Crippen LogP contribution in [0.5, 0.6) is 11.5 Å². The second-order valence-corrected chi connectivity index (χ2v) is 7.99. The van der Waals surface area contributed by atoms with Crippen molar-refractivity contribution in [2.24, 2.45) is 0 Å². The first-order valence-corrected chi connectivity index (χ1v) is 10.9. The molecule has 3 aromatic carbocycles. The average molecular weight is 444 g/mol. The van der Waals surface area contributed by atoms with Gasteiger partial charge in [0.15, 0.2) is 5.43 Å². The van der Waals surface area contributed by atoms with Gasteiger partial charge in [-0.2, -0.15) is 0 Å². The van der Waals surface area contributed by atoms with Gasteiger partial charge in [-0.25, -0.2) is 4.79 Å². The molecule has 168 valence electrons. The fourth-order valence-electron chi connectivity index (χ4n) is 4.53. The van der Waals surface area contributed by atoms with Crippen LogP contribution in [0.15, 0.2) is 71.5 Å². The van der Waals surface area contributed by atoms with Gasteiger partial charge in [0.2, 0.25) is 0 Å². The normalized spacial score (nSPS) is 14.0. The Morgan fingerprint density at radius 1 is 0.788 bits per heavy atom. The van der Waals surface area contributed by atoms with Gasteiger partial charge in [-0.1, -0.05) is 24.3 Å². The Hall–Kier alpha value is -4.00. The van der Waals surface area contributed by atoms with Crippen LogP contribution in [0.3, 0.4) is 0 Å². The number of para-hydroxylation sites is 3. The van der Waals surface area contributed by atoms with Crippen LogP contribution in [0.1, 0.15) is 0 Å². The summed E-state index contributed by atoms with van der Waals surface area (Å²) in [5.41, 5.74) is 2.11. The Balaban J connectivity index is 1.52. The molecule has 1 fully saturated rings. The van der Waals surface area contributed by atoms with Gasteiger partial charge in [0.1, 0.15) is 11.5 Å². The zero-order valence-electron chi connectivity index (χ0n) is 18.7. The highest BCUT2D eigenvalue weighted by Crippen LogP contribution is 2.29. The quantitative estimate of drug-likeness (QED) is 0.449. The first-order valence-electron chi connectivity index (χ1n) is 10.9. The summed E-state index contributed by atoms with van der Waals surface area (Å²) < 4.78 is 12.5. The number of carbonyl (C=O) groups excluding carboxylic acids is 1. The summed E-state index contributed by atoms with van der Waals surface area (Å²) in [6.07, 6.45) is 0. The number of benzene rings is 3. The number of fused-ring (bicyclic) bond motifs is 2. The second kappa shape index (κ2) is 8.50. The lowest BCUT2D eigenvalue weighted by Crippen LogP contribution is -2.50. The van der Waals surface area contributed by atoms with Crippen molar-refractivity contribution in [3.63, 3.8) is 0 Å². The number of pyridine rings is 1. The third-order valence-electron chi connectivity index (χ3n) is 6.25. The summed E-state index contributed by atoms with van der Waals surface area (Å²) in [6, 6.07) is 20.3. The molecule has 0 spiro atoms. The van der Waals surface area contributed by atoms with Crippen molar-refractivity contribution in [2.45, 2.75) is 0 Å². The minimum atomic E-state index is -0.138. The maximum absolute atomic E-state index is 13.8. The van der Waals surface area contributed by atoms with E-state index in [0.717, 1.165) is 11.4 Å². The largest absolute Gasteiger partial charge is 0.497 e. The summed E-state index contributed by atoms with van der Waals surface area (Å²) in [4.78, 5) is 31.0. The minimum absolute atomic E-state index is 0.107. The van der Waals surface area contributed by atoms with Crippen LogP contribution in [0.2, 0.25) is 0 Å². The van der Waals surface area contributed by atoms with E-state index < -0.39 is 0 Å². The Kier molecular flexibility index (Phi) is 5.38. The first kappa shape index (κ1) is 20.9. The smallest absolute Gasteiger partial charge is 0.329 e. The molecule has 1 aliphatic rings. The average Bonchev–Trinajstić information content (AvgIpc) is 2.88. The van der Waals surface area contributed by atoms with Crippen LogP contribution in [-0.4, -0.2) is 55.9 Å². The highest BCUT2D eigenvalue weighted by molar-refractivity contribution is 6.02. The molecule has 7 heteroatoms. The number of amides is 1. The summed E-state index contributed by atoms with van der Waals surface area (Å²) in [5.74, 6) is 1.41. The molecular formula is C26H25N3O4. The van der Waals surface area contributed by atoms with E-state index in [1.165, 1.54) is 0 Å². The van der Waals surface area contributed by atoms with E-state index in [2.05, 4.69) is 4.90 Å². The van der Waals surface area contributed by atoms with Gasteiger partial charge in [0.05, 0.1) is 36.3 Å². The van der Waals surface area contributed by atoms with Gasteiger partial charge in [0, 0.05) is 31.6 Å². The number of hydrogen-bond donors (Lipinski definition) is 0.